The molecule has 0 aliphatic carbocycles. The topological polar surface area (TPSA) is 62.1 Å². The van der Waals surface area contributed by atoms with Crippen LogP contribution in [0.4, 0.5) is 10.1 Å². The normalized spacial score (nSPS) is 11.0. The highest BCUT2D eigenvalue weighted by molar-refractivity contribution is 6.31. The van der Waals surface area contributed by atoms with Gasteiger partial charge in [0.05, 0.1) is 0 Å². The molecule has 31 heavy (non-hydrogen) atoms. The molecule has 0 aliphatic rings. The van der Waals surface area contributed by atoms with Gasteiger partial charge in [-0.15, -0.1) is 0 Å². The second-order valence-electron chi connectivity index (χ2n) is 6.69. The van der Waals surface area contributed by atoms with E-state index < -0.39 is 5.91 Å². The van der Waals surface area contributed by atoms with Gasteiger partial charge in [0.2, 0.25) is 0 Å². The second-order valence-corrected chi connectivity index (χ2v) is 7.53. The summed E-state index contributed by atoms with van der Waals surface area (Å²) in [4.78, 5) is 12.6. The third-order valence-electron chi connectivity index (χ3n) is 4.35. The number of nitriles is 1. The largest absolute Gasteiger partial charge is 0.488 e. The quantitative estimate of drug-likeness (QED) is 0.338. The third kappa shape index (κ3) is 6.08. The van der Waals surface area contributed by atoms with Crippen molar-refractivity contribution in [3.63, 3.8) is 0 Å². The van der Waals surface area contributed by atoms with Crippen molar-refractivity contribution in [3.05, 3.63) is 98.8 Å². The molecule has 0 aromatic heterocycles. The monoisotopic (exact) mass is 454 g/mol. The van der Waals surface area contributed by atoms with E-state index in [9.17, 15) is 14.4 Å². The Morgan fingerprint density at radius 2 is 1.97 bits per heavy atom. The van der Waals surface area contributed by atoms with E-state index in [2.05, 4.69) is 5.32 Å². The van der Waals surface area contributed by atoms with Gasteiger partial charge in [0.15, 0.2) is 0 Å². The van der Waals surface area contributed by atoms with Crippen LogP contribution in [0, 0.1) is 24.1 Å². The van der Waals surface area contributed by atoms with E-state index in [1.807, 2.05) is 13.0 Å². The van der Waals surface area contributed by atoms with Crippen molar-refractivity contribution in [1.29, 1.82) is 5.26 Å². The highest BCUT2D eigenvalue weighted by Gasteiger charge is 2.13. The minimum Gasteiger partial charge on any atom is -0.488 e. The van der Waals surface area contributed by atoms with E-state index in [0.29, 0.717) is 32.6 Å². The molecule has 1 N–H and O–H groups in total. The Kier molecular flexibility index (Phi) is 7.30. The van der Waals surface area contributed by atoms with Crippen molar-refractivity contribution in [2.24, 2.45) is 0 Å². The first-order chi connectivity index (χ1) is 14.9. The minimum atomic E-state index is -0.599. The van der Waals surface area contributed by atoms with Gasteiger partial charge in [0.1, 0.15) is 29.8 Å². The predicted molar refractivity (Wildman–Crippen MR) is 121 cm³/mol. The molecule has 0 aliphatic heterocycles. The number of halogens is 3. The van der Waals surface area contributed by atoms with Crippen LogP contribution in [0.25, 0.3) is 6.08 Å². The van der Waals surface area contributed by atoms with E-state index in [-0.39, 0.29) is 18.0 Å². The maximum atomic E-state index is 13.4. The van der Waals surface area contributed by atoms with Gasteiger partial charge in [0.25, 0.3) is 5.91 Å². The van der Waals surface area contributed by atoms with Crippen molar-refractivity contribution < 1.29 is 13.9 Å². The molecule has 0 heterocycles. The SMILES string of the molecule is Cc1ccc(NC(=O)/C(C#N)=C/c2cc(Cl)ccc2OCc2cccc(F)c2)cc1Cl. The lowest BCUT2D eigenvalue weighted by Gasteiger charge is -2.11. The summed E-state index contributed by atoms with van der Waals surface area (Å²) in [7, 11) is 0. The van der Waals surface area contributed by atoms with Gasteiger partial charge < -0.3 is 10.1 Å². The summed E-state index contributed by atoms with van der Waals surface area (Å²) in [6, 6.07) is 17.8. The first-order valence-electron chi connectivity index (χ1n) is 9.22. The van der Waals surface area contributed by atoms with Crippen molar-refractivity contribution in [3.8, 4) is 11.8 Å². The number of ether oxygens (including phenoxy) is 1. The summed E-state index contributed by atoms with van der Waals surface area (Å²) in [5.74, 6) is -0.567. The van der Waals surface area contributed by atoms with E-state index in [1.165, 1.54) is 18.2 Å². The maximum Gasteiger partial charge on any atom is 0.266 e. The zero-order valence-electron chi connectivity index (χ0n) is 16.5. The highest BCUT2D eigenvalue weighted by atomic mass is 35.5. The van der Waals surface area contributed by atoms with Crippen molar-refractivity contribution in [2.75, 3.05) is 5.32 Å². The number of benzene rings is 3. The molecule has 3 rings (SSSR count). The van der Waals surface area contributed by atoms with Crippen LogP contribution in [-0.4, -0.2) is 5.91 Å². The van der Waals surface area contributed by atoms with Crippen molar-refractivity contribution >= 4 is 40.9 Å². The second kappa shape index (κ2) is 10.1. The van der Waals surface area contributed by atoms with Crippen molar-refractivity contribution in [2.45, 2.75) is 13.5 Å². The van der Waals surface area contributed by atoms with Crippen molar-refractivity contribution in [1.82, 2.24) is 0 Å². The maximum absolute atomic E-state index is 13.4. The van der Waals surface area contributed by atoms with E-state index in [1.54, 1.807) is 48.5 Å². The smallest absolute Gasteiger partial charge is 0.266 e. The zero-order valence-corrected chi connectivity index (χ0v) is 18.0. The molecule has 0 atom stereocenters. The molecule has 0 fully saturated rings. The van der Waals surface area contributed by atoms with Gasteiger partial charge in [-0.3, -0.25) is 4.79 Å². The van der Waals surface area contributed by atoms with Crippen LogP contribution in [0.5, 0.6) is 5.75 Å². The highest BCUT2D eigenvalue weighted by Crippen LogP contribution is 2.27. The first kappa shape index (κ1) is 22.4. The molecular weight excluding hydrogens is 438 g/mol. The number of carbonyl (C=O) groups is 1. The number of anilines is 1. The third-order valence-corrected chi connectivity index (χ3v) is 4.99. The fourth-order valence-corrected chi connectivity index (χ4v) is 3.09. The summed E-state index contributed by atoms with van der Waals surface area (Å²) in [6.45, 7) is 1.95. The average Bonchev–Trinajstić information content (AvgIpc) is 2.74. The van der Waals surface area contributed by atoms with Crippen LogP contribution in [0.3, 0.4) is 0 Å². The Morgan fingerprint density at radius 1 is 1.16 bits per heavy atom. The average molecular weight is 455 g/mol. The number of aryl methyl sites for hydroxylation is 1. The number of amides is 1. The molecule has 0 bridgehead atoms. The molecule has 0 unspecified atom stereocenters. The molecular formula is C24H17Cl2FN2O2. The number of rotatable bonds is 6. The molecule has 1 amide bonds. The summed E-state index contributed by atoms with van der Waals surface area (Å²) >= 11 is 12.2. The molecule has 0 saturated heterocycles. The van der Waals surface area contributed by atoms with Gasteiger partial charge in [-0.2, -0.15) is 5.26 Å². The van der Waals surface area contributed by atoms with Gasteiger partial charge >= 0.3 is 0 Å². The Labute approximate surface area is 189 Å². The van der Waals surface area contributed by atoms with E-state index >= 15 is 0 Å². The lowest BCUT2D eigenvalue weighted by molar-refractivity contribution is -0.112. The molecule has 4 nitrogen and oxygen atoms in total. The lowest BCUT2D eigenvalue weighted by Crippen LogP contribution is -2.13. The number of hydrogen-bond acceptors (Lipinski definition) is 3. The summed E-state index contributed by atoms with van der Waals surface area (Å²) in [5, 5.41) is 13.1. The standard InChI is InChI=1S/C24H17Cl2FN2O2/c1-15-5-7-21(12-22(15)26)29-24(30)18(13-28)10-17-11-19(25)6-8-23(17)31-14-16-3-2-4-20(27)9-16/h2-12H,14H2,1H3,(H,29,30)/b18-10+. The van der Waals surface area contributed by atoms with Crippen LogP contribution in [-0.2, 0) is 11.4 Å². The zero-order chi connectivity index (χ0) is 22.4. The minimum absolute atomic E-state index is 0.107. The Morgan fingerprint density at radius 3 is 2.68 bits per heavy atom. The van der Waals surface area contributed by atoms with Gasteiger partial charge in [-0.25, -0.2) is 4.39 Å². The molecule has 3 aromatic rings. The molecule has 0 saturated carbocycles. The van der Waals surface area contributed by atoms with Gasteiger partial charge in [-0.1, -0.05) is 41.4 Å². The van der Waals surface area contributed by atoms with E-state index in [0.717, 1.165) is 5.56 Å². The number of carbonyl (C=O) groups excluding carboxylic acids is 1. The fraction of sp³-hybridized carbons (Fsp3) is 0.0833. The molecule has 7 heteroatoms. The summed E-state index contributed by atoms with van der Waals surface area (Å²) < 4.78 is 19.2. The number of nitrogens with zero attached hydrogens (tertiary/aromatic N) is 1. The predicted octanol–water partition coefficient (Wildman–Crippen LogP) is 6.57. The van der Waals surface area contributed by atoms with Crippen LogP contribution in [0.1, 0.15) is 16.7 Å². The Balaban J connectivity index is 1.83. The van der Waals surface area contributed by atoms with Gasteiger partial charge in [0, 0.05) is 21.3 Å². The van der Waals surface area contributed by atoms with Gasteiger partial charge in [-0.05, 0) is 66.6 Å². The fourth-order valence-electron chi connectivity index (χ4n) is 2.72. The molecule has 3 aromatic carbocycles. The van der Waals surface area contributed by atoms with Crippen LogP contribution < -0.4 is 10.1 Å². The van der Waals surface area contributed by atoms with Crippen LogP contribution in [0.15, 0.2) is 66.2 Å². The lowest BCUT2D eigenvalue weighted by atomic mass is 10.1. The number of hydrogen-bond donors (Lipinski definition) is 1. The van der Waals surface area contributed by atoms with Crippen LogP contribution in [0.2, 0.25) is 10.0 Å². The molecule has 0 spiro atoms. The Bertz CT molecular complexity index is 1200. The Hall–Kier alpha value is -3.33. The van der Waals surface area contributed by atoms with Crippen LogP contribution >= 0.6 is 23.2 Å². The summed E-state index contributed by atoms with van der Waals surface area (Å²) in [5.41, 5.74) is 2.27. The molecule has 156 valence electrons. The number of nitrogens with one attached hydrogen (secondary N) is 1. The van der Waals surface area contributed by atoms with E-state index in [4.69, 9.17) is 27.9 Å². The summed E-state index contributed by atoms with van der Waals surface area (Å²) in [6.07, 6.45) is 1.39. The molecule has 0 radical (unpaired) electrons. The first-order valence-corrected chi connectivity index (χ1v) is 9.97.